The van der Waals surface area contributed by atoms with Crippen molar-refractivity contribution in [3.8, 4) is 5.75 Å². The molecular formula is C19H25NO3. The minimum absolute atomic E-state index is 0.0161. The minimum atomic E-state index is -0.445. The Balaban J connectivity index is 1.63. The summed E-state index contributed by atoms with van der Waals surface area (Å²) in [4.78, 5) is 25.4. The van der Waals surface area contributed by atoms with Crippen molar-refractivity contribution >= 4 is 12.2 Å². The van der Waals surface area contributed by atoms with E-state index in [-0.39, 0.29) is 11.3 Å². The van der Waals surface area contributed by atoms with Crippen LogP contribution in [0.15, 0.2) is 24.3 Å². The molecule has 1 atom stereocenters. The molecule has 23 heavy (non-hydrogen) atoms. The van der Waals surface area contributed by atoms with Crippen molar-refractivity contribution in [2.75, 3.05) is 13.2 Å². The van der Waals surface area contributed by atoms with Crippen molar-refractivity contribution in [2.24, 2.45) is 17.3 Å². The Labute approximate surface area is 137 Å². The molecule has 0 radical (unpaired) electrons. The standard InChI is InChI=1S/C19H25NO3/c1-14(2)12-23-17-5-3-15(4-6-17)10-20-13-19(7-8-19)9-16(11-21)18(20)22/h3-6,11,14,16H,7-10,12-13H2,1-2H3. The van der Waals surface area contributed by atoms with E-state index in [9.17, 15) is 9.59 Å². The van der Waals surface area contributed by atoms with Gasteiger partial charge in [0.15, 0.2) is 0 Å². The third-order valence-corrected chi connectivity index (χ3v) is 4.81. The average Bonchev–Trinajstić information content (AvgIpc) is 3.29. The van der Waals surface area contributed by atoms with Crippen molar-refractivity contribution in [3.05, 3.63) is 29.8 Å². The Morgan fingerprint density at radius 3 is 2.57 bits per heavy atom. The van der Waals surface area contributed by atoms with Crippen molar-refractivity contribution < 1.29 is 14.3 Å². The zero-order valence-corrected chi connectivity index (χ0v) is 14.0. The molecule has 124 valence electrons. The van der Waals surface area contributed by atoms with Gasteiger partial charge in [0.25, 0.3) is 0 Å². The molecule has 2 fully saturated rings. The molecule has 2 aliphatic rings. The van der Waals surface area contributed by atoms with Crippen molar-refractivity contribution in [1.29, 1.82) is 0 Å². The molecule has 1 amide bonds. The van der Waals surface area contributed by atoms with Crippen LogP contribution in [0.2, 0.25) is 0 Å². The highest BCUT2D eigenvalue weighted by Gasteiger charge is 2.51. The first-order valence-corrected chi connectivity index (χ1v) is 8.47. The van der Waals surface area contributed by atoms with Crippen LogP contribution in [0, 0.1) is 17.3 Å². The first-order chi connectivity index (χ1) is 11.0. The molecule has 0 bridgehead atoms. The Hall–Kier alpha value is -1.84. The number of nitrogens with zero attached hydrogens (tertiary/aromatic N) is 1. The highest BCUT2D eigenvalue weighted by Crippen LogP contribution is 2.53. The van der Waals surface area contributed by atoms with Gasteiger partial charge >= 0.3 is 0 Å². The number of ether oxygens (including phenoxy) is 1. The molecule has 1 aromatic carbocycles. The number of carbonyl (C=O) groups is 2. The van der Waals surface area contributed by atoms with Gasteiger partial charge in [0, 0.05) is 13.1 Å². The summed E-state index contributed by atoms with van der Waals surface area (Å²) in [5.41, 5.74) is 1.30. The molecule has 0 aromatic heterocycles. The molecule has 0 N–H and O–H groups in total. The lowest BCUT2D eigenvalue weighted by atomic mass is 9.86. The third-order valence-electron chi connectivity index (χ3n) is 4.81. The quantitative estimate of drug-likeness (QED) is 0.599. The van der Waals surface area contributed by atoms with Crippen molar-refractivity contribution in [3.63, 3.8) is 0 Å². The molecule has 1 aromatic rings. The maximum Gasteiger partial charge on any atom is 0.233 e. The predicted octanol–water partition coefficient (Wildman–Crippen LogP) is 3.05. The number of hydrogen-bond donors (Lipinski definition) is 0. The first-order valence-electron chi connectivity index (χ1n) is 8.47. The second-order valence-electron chi connectivity index (χ2n) is 7.49. The Morgan fingerprint density at radius 2 is 2.00 bits per heavy atom. The number of likely N-dealkylation sites (tertiary alicyclic amines) is 1. The number of hydrogen-bond acceptors (Lipinski definition) is 3. The zero-order chi connectivity index (χ0) is 16.4. The van der Waals surface area contributed by atoms with Gasteiger partial charge in [-0.1, -0.05) is 26.0 Å². The van der Waals surface area contributed by atoms with Crippen LogP contribution in [-0.4, -0.2) is 30.2 Å². The normalized spacial score (nSPS) is 22.5. The number of benzene rings is 1. The second-order valence-corrected chi connectivity index (χ2v) is 7.49. The van der Waals surface area contributed by atoms with Crippen LogP contribution in [0.5, 0.6) is 5.75 Å². The molecule has 3 rings (SSSR count). The number of piperidine rings is 1. The molecule has 1 aliphatic carbocycles. The molecule has 1 heterocycles. The van der Waals surface area contributed by atoms with Crippen LogP contribution < -0.4 is 4.74 Å². The molecule has 4 nitrogen and oxygen atoms in total. The van der Waals surface area contributed by atoms with Gasteiger partial charge in [-0.05, 0) is 48.3 Å². The summed E-state index contributed by atoms with van der Waals surface area (Å²) in [6.45, 7) is 6.31. The smallest absolute Gasteiger partial charge is 0.233 e. The lowest BCUT2D eigenvalue weighted by molar-refractivity contribution is -0.144. The number of carbonyl (C=O) groups excluding carboxylic acids is 2. The van der Waals surface area contributed by atoms with E-state index in [1.165, 1.54) is 0 Å². The van der Waals surface area contributed by atoms with E-state index in [0.29, 0.717) is 19.1 Å². The van der Waals surface area contributed by atoms with E-state index in [1.807, 2.05) is 29.2 Å². The van der Waals surface area contributed by atoms with Crippen LogP contribution in [0.25, 0.3) is 0 Å². The zero-order valence-electron chi connectivity index (χ0n) is 14.0. The fraction of sp³-hybridized carbons (Fsp3) is 0.579. The average molecular weight is 315 g/mol. The van der Waals surface area contributed by atoms with Crippen LogP contribution in [-0.2, 0) is 16.1 Å². The van der Waals surface area contributed by atoms with E-state index in [4.69, 9.17) is 4.74 Å². The summed E-state index contributed by atoms with van der Waals surface area (Å²) in [6.07, 6.45) is 3.86. The summed E-state index contributed by atoms with van der Waals surface area (Å²) < 4.78 is 5.68. The van der Waals surface area contributed by atoms with Crippen LogP contribution >= 0.6 is 0 Å². The van der Waals surface area contributed by atoms with Gasteiger partial charge in [-0.2, -0.15) is 0 Å². The monoisotopic (exact) mass is 315 g/mol. The molecule has 1 spiro atoms. The van der Waals surface area contributed by atoms with E-state index >= 15 is 0 Å². The highest BCUT2D eigenvalue weighted by molar-refractivity contribution is 5.92. The van der Waals surface area contributed by atoms with E-state index in [2.05, 4.69) is 13.8 Å². The van der Waals surface area contributed by atoms with Gasteiger partial charge in [-0.25, -0.2) is 0 Å². The topological polar surface area (TPSA) is 46.6 Å². The highest BCUT2D eigenvalue weighted by atomic mass is 16.5. The second kappa shape index (κ2) is 6.34. The van der Waals surface area contributed by atoms with E-state index in [1.54, 1.807) is 0 Å². The van der Waals surface area contributed by atoms with E-state index < -0.39 is 5.92 Å². The summed E-state index contributed by atoms with van der Waals surface area (Å²) >= 11 is 0. The Morgan fingerprint density at radius 1 is 1.30 bits per heavy atom. The van der Waals surface area contributed by atoms with Gasteiger partial charge in [0.05, 0.1) is 12.5 Å². The maximum absolute atomic E-state index is 12.4. The van der Waals surface area contributed by atoms with Gasteiger partial charge in [-0.15, -0.1) is 0 Å². The number of rotatable bonds is 6. The maximum atomic E-state index is 12.4. The Bertz CT molecular complexity index is 575. The van der Waals surface area contributed by atoms with E-state index in [0.717, 1.165) is 43.4 Å². The third kappa shape index (κ3) is 3.74. The molecule has 4 heteroatoms. The van der Waals surface area contributed by atoms with Crippen LogP contribution in [0.1, 0.15) is 38.7 Å². The fourth-order valence-electron chi connectivity index (χ4n) is 3.29. The van der Waals surface area contributed by atoms with Crippen LogP contribution in [0.3, 0.4) is 0 Å². The molecular weight excluding hydrogens is 290 g/mol. The lowest BCUT2D eigenvalue weighted by Crippen LogP contribution is -2.46. The molecule has 1 saturated carbocycles. The van der Waals surface area contributed by atoms with Crippen LogP contribution in [0.4, 0.5) is 0 Å². The van der Waals surface area contributed by atoms with Crippen molar-refractivity contribution in [2.45, 2.75) is 39.7 Å². The fourth-order valence-corrected chi connectivity index (χ4v) is 3.29. The SMILES string of the molecule is CC(C)COc1ccc(CN2CC3(CC3)CC(C=O)C2=O)cc1. The van der Waals surface area contributed by atoms with Gasteiger partial charge < -0.3 is 14.4 Å². The predicted molar refractivity (Wildman–Crippen MR) is 88.0 cm³/mol. The summed E-state index contributed by atoms with van der Waals surface area (Å²) in [5.74, 6) is 0.894. The number of amides is 1. The summed E-state index contributed by atoms with van der Waals surface area (Å²) in [7, 11) is 0. The lowest BCUT2D eigenvalue weighted by Gasteiger charge is -2.36. The van der Waals surface area contributed by atoms with Gasteiger partial charge in [0.1, 0.15) is 12.0 Å². The summed E-state index contributed by atoms with van der Waals surface area (Å²) in [5, 5.41) is 0. The van der Waals surface area contributed by atoms with Gasteiger partial charge in [-0.3, -0.25) is 4.79 Å². The molecule has 1 unspecified atom stereocenters. The minimum Gasteiger partial charge on any atom is -0.493 e. The number of aldehydes is 1. The van der Waals surface area contributed by atoms with Gasteiger partial charge in [0.2, 0.25) is 5.91 Å². The summed E-state index contributed by atoms with van der Waals surface area (Å²) in [6, 6.07) is 7.92. The Kier molecular flexibility index (Phi) is 4.42. The first kappa shape index (κ1) is 16.0. The largest absolute Gasteiger partial charge is 0.493 e. The van der Waals surface area contributed by atoms with Crippen molar-refractivity contribution in [1.82, 2.24) is 4.90 Å². The molecule has 1 saturated heterocycles. The molecule has 1 aliphatic heterocycles.